The molecule has 0 spiro atoms. The first-order valence-electron chi connectivity index (χ1n) is 6.73. The van der Waals surface area contributed by atoms with Crippen LogP contribution >= 0.6 is 0 Å². The smallest absolute Gasteiger partial charge is 0.326 e. The van der Waals surface area contributed by atoms with Gasteiger partial charge in [-0.25, -0.2) is 4.79 Å². The van der Waals surface area contributed by atoms with Gasteiger partial charge >= 0.3 is 5.97 Å². The zero-order valence-electron chi connectivity index (χ0n) is 11.2. The lowest BCUT2D eigenvalue weighted by atomic mass is 9.81. The fourth-order valence-corrected chi connectivity index (χ4v) is 2.38. The summed E-state index contributed by atoms with van der Waals surface area (Å²) in [5, 5.41) is 11.8. The summed E-state index contributed by atoms with van der Waals surface area (Å²) in [5.41, 5.74) is 5.21. The molecular weight excluding hydrogens is 232 g/mol. The highest BCUT2D eigenvalue weighted by atomic mass is 16.4. The molecule has 0 aromatic heterocycles. The molecule has 18 heavy (non-hydrogen) atoms. The van der Waals surface area contributed by atoms with Crippen molar-refractivity contribution in [1.82, 2.24) is 5.32 Å². The molecular formula is C13H24N2O3. The minimum Gasteiger partial charge on any atom is -0.480 e. The van der Waals surface area contributed by atoms with Gasteiger partial charge in [-0.15, -0.1) is 0 Å². The minimum atomic E-state index is -0.989. The summed E-state index contributed by atoms with van der Waals surface area (Å²) in [4.78, 5) is 23.3. The van der Waals surface area contributed by atoms with Crippen LogP contribution in [0.5, 0.6) is 0 Å². The van der Waals surface area contributed by atoms with Crippen molar-refractivity contribution in [2.45, 2.75) is 64.0 Å². The molecule has 5 heteroatoms. The third-order valence-corrected chi connectivity index (χ3v) is 3.96. The van der Waals surface area contributed by atoms with Crippen LogP contribution in [0.15, 0.2) is 0 Å². The number of amides is 1. The maximum Gasteiger partial charge on any atom is 0.326 e. The van der Waals surface area contributed by atoms with Crippen molar-refractivity contribution in [2.75, 3.05) is 0 Å². The lowest BCUT2D eigenvalue weighted by Gasteiger charge is -2.33. The number of hydrogen-bond acceptors (Lipinski definition) is 3. The molecule has 104 valence electrons. The van der Waals surface area contributed by atoms with Crippen LogP contribution in [0.4, 0.5) is 0 Å². The first kappa shape index (κ1) is 15.0. The summed E-state index contributed by atoms with van der Waals surface area (Å²) in [6.45, 7) is 3.73. The number of rotatable bonds is 5. The molecule has 0 saturated heterocycles. The molecule has 1 aliphatic rings. The molecule has 1 fully saturated rings. The van der Waals surface area contributed by atoms with E-state index in [2.05, 4.69) is 5.32 Å². The van der Waals surface area contributed by atoms with Gasteiger partial charge in [0.1, 0.15) is 6.04 Å². The van der Waals surface area contributed by atoms with E-state index in [1.165, 1.54) is 0 Å². The number of aliphatic carboxylic acids is 1. The summed E-state index contributed by atoms with van der Waals surface area (Å²) < 4.78 is 0. The molecule has 1 aliphatic carbocycles. The molecule has 0 aromatic carbocycles. The van der Waals surface area contributed by atoms with Gasteiger partial charge in [-0.05, 0) is 18.8 Å². The number of carbonyl (C=O) groups is 2. The van der Waals surface area contributed by atoms with Crippen LogP contribution < -0.4 is 11.1 Å². The molecule has 5 nitrogen and oxygen atoms in total. The third-order valence-electron chi connectivity index (χ3n) is 3.96. The monoisotopic (exact) mass is 256 g/mol. The number of nitrogens with two attached hydrogens (primary N) is 1. The van der Waals surface area contributed by atoms with Crippen molar-refractivity contribution in [3.8, 4) is 0 Å². The van der Waals surface area contributed by atoms with Crippen LogP contribution in [0, 0.1) is 5.92 Å². The van der Waals surface area contributed by atoms with Crippen LogP contribution in [-0.2, 0) is 9.59 Å². The van der Waals surface area contributed by atoms with Crippen molar-refractivity contribution >= 4 is 11.9 Å². The Bertz CT molecular complexity index is 311. The predicted octanol–water partition coefficient (Wildman–Crippen LogP) is 1.26. The quantitative estimate of drug-likeness (QED) is 0.690. The maximum absolute atomic E-state index is 12.2. The van der Waals surface area contributed by atoms with Crippen LogP contribution in [0.1, 0.15) is 52.4 Å². The number of carboxylic acid groups (broad SMARTS) is 1. The second-order valence-corrected chi connectivity index (χ2v) is 5.39. The number of hydrogen-bond donors (Lipinski definition) is 3. The summed E-state index contributed by atoms with van der Waals surface area (Å²) in [6.07, 6.45) is 4.96. The molecule has 0 bridgehead atoms. The molecule has 0 radical (unpaired) electrons. The summed E-state index contributed by atoms with van der Waals surface area (Å²) in [5.74, 6) is -1.40. The van der Waals surface area contributed by atoms with Gasteiger partial charge in [-0.3, -0.25) is 4.79 Å². The van der Waals surface area contributed by atoms with E-state index >= 15 is 0 Å². The van der Waals surface area contributed by atoms with Crippen LogP contribution in [0.3, 0.4) is 0 Å². The molecule has 0 aromatic rings. The Morgan fingerprint density at radius 1 is 1.33 bits per heavy atom. The predicted molar refractivity (Wildman–Crippen MR) is 69.0 cm³/mol. The maximum atomic E-state index is 12.2. The van der Waals surface area contributed by atoms with Gasteiger partial charge in [-0.1, -0.05) is 39.5 Å². The van der Waals surface area contributed by atoms with E-state index in [9.17, 15) is 9.59 Å². The summed E-state index contributed by atoms with van der Waals surface area (Å²) in [6, 6.07) is -0.843. The van der Waals surface area contributed by atoms with E-state index in [0.717, 1.165) is 19.3 Å². The molecule has 1 unspecified atom stereocenters. The van der Waals surface area contributed by atoms with Crippen molar-refractivity contribution < 1.29 is 14.7 Å². The Morgan fingerprint density at radius 2 is 1.89 bits per heavy atom. The molecule has 1 amide bonds. The van der Waals surface area contributed by atoms with Crippen molar-refractivity contribution in [2.24, 2.45) is 11.7 Å². The number of carbonyl (C=O) groups excluding carboxylic acids is 1. The average Bonchev–Trinajstić information content (AvgIpc) is 2.35. The molecule has 0 aliphatic heterocycles. The molecule has 4 N–H and O–H groups in total. The Hall–Kier alpha value is -1.10. The van der Waals surface area contributed by atoms with Crippen LogP contribution in [0.25, 0.3) is 0 Å². The van der Waals surface area contributed by atoms with Gasteiger partial charge in [0, 0.05) is 0 Å². The van der Waals surface area contributed by atoms with E-state index in [1.54, 1.807) is 0 Å². The zero-order chi connectivity index (χ0) is 13.8. The number of carboxylic acids is 1. The van der Waals surface area contributed by atoms with Crippen LogP contribution in [0.2, 0.25) is 0 Å². The highest BCUT2D eigenvalue weighted by molar-refractivity contribution is 5.90. The first-order chi connectivity index (χ1) is 8.40. The van der Waals surface area contributed by atoms with E-state index in [4.69, 9.17) is 10.8 Å². The molecule has 1 rings (SSSR count). The van der Waals surface area contributed by atoms with E-state index in [-0.39, 0.29) is 11.8 Å². The standard InChI is InChI=1S/C13H24N2O3/c1-3-9(2)10(11(16)17)15-12(18)13(14)7-5-4-6-8-13/h9-10H,3-8,14H2,1-2H3,(H,15,18)(H,16,17)/t9?,10-/m0/s1. The zero-order valence-corrected chi connectivity index (χ0v) is 11.2. The lowest BCUT2D eigenvalue weighted by Crippen LogP contribution is -2.59. The van der Waals surface area contributed by atoms with Crippen molar-refractivity contribution in [1.29, 1.82) is 0 Å². The largest absolute Gasteiger partial charge is 0.480 e. The van der Waals surface area contributed by atoms with E-state index in [1.807, 2.05) is 13.8 Å². The molecule has 0 heterocycles. The minimum absolute atomic E-state index is 0.0985. The third kappa shape index (κ3) is 3.45. The van der Waals surface area contributed by atoms with Crippen LogP contribution in [-0.4, -0.2) is 28.6 Å². The molecule has 2 atom stereocenters. The van der Waals surface area contributed by atoms with Gasteiger partial charge in [0.2, 0.25) is 5.91 Å². The van der Waals surface area contributed by atoms with Gasteiger partial charge in [-0.2, -0.15) is 0 Å². The summed E-state index contributed by atoms with van der Waals surface area (Å²) >= 11 is 0. The Labute approximate surface area is 108 Å². The Balaban J connectivity index is 2.68. The van der Waals surface area contributed by atoms with Crippen molar-refractivity contribution in [3.05, 3.63) is 0 Å². The van der Waals surface area contributed by atoms with Gasteiger partial charge < -0.3 is 16.2 Å². The number of nitrogens with one attached hydrogen (secondary N) is 1. The highest BCUT2D eigenvalue weighted by Crippen LogP contribution is 2.26. The Kier molecular flexibility index (Phi) is 5.14. The molecule has 1 saturated carbocycles. The fraction of sp³-hybridized carbons (Fsp3) is 0.846. The normalized spacial score (nSPS) is 21.9. The van der Waals surface area contributed by atoms with E-state index < -0.39 is 17.6 Å². The topological polar surface area (TPSA) is 92.4 Å². The first-order valence-corrected chi connectivity index (χ1v) is 6.73. The SMILES string of the molecule is CCC(C)[C@H](NC(=O)C1(N)CCCCC1)C(=O)O. The van der Waals surface area contributed by atoms with Gasteiger partial charge in [0.05, 0.1) is 5.54 Å². The second kappa shape index (κ2) is 6.18. The average molecular weight is 256 g/mol. The summed E-state index contributed by atoms with van der Waals surface area (Å²) in [7, 11) is 0. The second-order valence-electron chi connectivity index (χ2n) is 5.39. The van der Waals surface area contributed by atoms with Gasteiger partial charge in [0.15, 0.2) is 0 Å². The van der Waals surface area contributed by atoms with Crippen molar-refractivity contribution in [3.63, 3.8) is 0 Å². The Morgan fingerprint density at radius 3 is 2.33 bits per heavy atom. The highest BCUT2D eigenvalue weighted by Gasteiger charge is 2.38. The van der Waals surface area contributed by atoms with E-state index in [0.29, 0.717) is 19.3 Å². The fourth-order valence-electron chi connectivity index (χ4n) is 2.38. The van der Waals surface area contributed by atoms with Gasteiger partial charge in [0.25, 0.3) is 0 Å². The lowest BCUT2D eigenvalue weighted by molar-refractivity contribution is -0.144.